The average Bonchev–Trinajstić information content (AvgIpc) is 1.84. The first-order chi connectivity index (χ1) is 5.58. The smallest absolute Gasteiger partial charge is 0.303 e. The molecule has 12 heavy (non-hydrogen) atoms. The van der Waals surface area contributed by atoms with E-state index in [0.29, 0.717) is 0 Å². The van der Waals surface area contributed by atoms with Gasteiger partial charge in [-0.3, -0.25) is 4.84 Å². The zero-order valence-electron chi connectivity index (χ0n) is 6.77. The average molecular weight is 182 g/mol. The molecule has 1 fully saturated rings. The first-order valence-electron chi connectivity index (χ1n) is 3.53. The Kier molecular flexibility index (Phi) is 2.62. The number of methoxy groups -OCH3 is 1. The standard InChI is InChI=1S/C6H12F2N2O2/c1-11-5(2-10-3-5)6(7,8)4-12-9/h10H,2-4,9H2,1H3. The van der Waals surface area contributed by atoms with Gasteiger partial charge in [0.25, 0.3) is 0 Å². The van der Waals surface area contributed by atoms with Gasteiger partial charge in [-0.15, -0.1) is 0 Å². The van der Waals surface area contributed by atoms with Crippen molar-refractivity contribution in [3.8, 4) is 0 Å². The van der Waals surface area contributed by atoms with Gasteiger partial charge in [0.1, 0.15) is 6.61 Å². The van der Waals surface area contributed by atoms with E-state index in [-0.39, 0.29) is 13.1 Å². The summed E-state index contributed by atoms with van der Waals surface area (Å²) >= 11 is 0. The molecule has 72 valence electrons. The number of alkyl halides is 2. The molecule has 0 atom stereocenters. The molecule has 0 amide bonds. The summed E-state index contributed by atoms with van der Waals surface area (Å²) in [5.41, 5.74) is -1.44. The third kappa shape index (κ3) is 1.31. The van der Waals surface area contributed by atoms with E-state index in [1.807, 2.05) is 0 Å². The molecule has 0 aliphatic carbocycles. The van der Waals surface area contributed by atoms with Crippen molar-refractivity contribution in [2.24, 2.45) is 5.90 Å². The number of nitrogens with two attached hydrogens (primary N) is 1. The van der Waals surface area contributed by atoms with Crippen molar-refractivity contribution in [2.45, 2.75) is 11.5 Å². The molecule has 6 heteroatoms. The molecule has 0 unspecified atom stereocenters. The Morgan fingerprint density at radius 2 is 2.17 bits per heavy atom. The Labute approximate surface area is 69.0 Å². The van der Waals surface area contributed by atoms with Crippen LogP contribution in [0.25, 0.3) is 0 Å². The largest absolute Gasteiger partial charge is 0.369 e. The van der Waals surface area contributed by atoms with Gasteiger partial charge in [0.05, 0.1) is 0 Å². The molecule has 1 saturated heterocycles. The lowest BCUT2D eigenvalue weighted by molar-refractivity contribution is -0.239. The molecule has 0 aromatic carbocycles. The van der Waals surface area contributed by atoms with Gasteiger partial charge in [-0.25, -0.2) is 14.7 Å². The van der Waals surface area contributed by atoms with Crippen LogP contribution in [0.5, 0.6) is 0 Å². The Morgan fingerprint density at radius 1 is 1.58 bits per heavy atom. The van der Waals surface area contributed by atoms with Gasteiger partial charge in [0.2, 0.25) is 0 Å². The van der Waals surface area contributed by atoms with E-state index in [4.69, 9.17) is 4.74 Å². The second-order valence-electron chi connectivity index (χ2n) is 2.82. The lowest BCUT2D eigenvalue weighted by Crippen LogP contribution is -2.71. The quantitative estimate of drug-likeness (QED) is 0.575. The SMILES string of the molecule is COC1(C(F)(F)CON)CNC1. The van der Waals surface area contributed by atoms with Crippen LogP contribution in [-0.4, -0.2) is 38.3 Å². The van der Waals surface area contributed by atoms with E-state index in [1.54, 1.807) is 0 Å². The van der Waals surface area contributed by atoms with Crippen molar-refractivity contribution in [3.05, 3.63) is 0 Å². The Hall–Kier alpha value is -0.300. The molecular weight excluding hydrogens is 170 g/mol. The molecule has 0 aromatic heterocycles. The normalized spacial score (nSPS) is 22.0. The van der Waals surface area contributed by atoms with E-state index in [1.165, 1.54) is 7.11 Å². The summed E-state index contributed by atoms with van der Waals surface area (Å²) in [5.74, 6) is 1.55. The van der Waals surface area contributed by atoms with Crippen molar-refractivity contribution in [1.82, 2.24) is 5.32 Å². The van der Waals surface area contributed by atoms with E-state index >= 15 is 0 Å². The maximum absolute atomic E-state index is 13.2. The third-order valence-corrected chi connectivity index (χ3v) is 2.14. The summed E-state index contributed by atoms with van der Waals surface area (Å²) < 4.78 is 31.1. The summed E-state index contributed by atoms with van der Waals surface area (Å²) in [6.07, 6.45) is 0. The molecule has 0 radical (unpaired) electrons. The summed E-state index contributed by atoms with van der Waals surface area (Å²) in [6, 6.07) is 0. The molecule has 1 heterocycles. The van der Waals surface area contributed by atoms with Crippen LogP contribution in [0.15, 0.2) is 0 Å². The van der Waals surface area contributed by atoms with Gasteiger partial charge in [-0.2, -0.15) is 0 Å². The molecule has 3 N–H and O–H groups in total. The van der Waals surface area contributed by atoms with E-state index in [9.17, 15) is 8.78 Å². The minimum Gasteiger partial charge on any atom is -0.369 e. The highest BCUT2D eigenvalue weighted by atomic mass is 19.3. The van der Waals surface area contributed by atoms with E-state index in [0.717, 1.165) is 0 Å². The molecular formula is C6H12F2N2O2. The zero-order chi connectivity index (χ0) is 9.24. The van der Waals surface area contributed by atoms with Crippen LogP contribution in [-0.2, 0) is 9.57 Å². The summed E-state index contributed by atoms with van der Waals surface area (Å²) in [6.45, 7) is -0.567. The number of rotatable bonds is 4. The Morgan fingerprint density at radius 3 is 2.42 bits per heavy atom. The van der Waals surface area contributed by atoms with Crippen LogP contribution in [0.1, 0.15) is 0 Å². The van der Waals surface area contributed by atoms with Crippen LogP contribution in [0, 0.1) is 0 Å². The van der Waals surface area contributed by atoms with Gasteiger partial charge in [-0.05, 0) is 0 Å². The van der Waals surface area contributed by atoms with Gasteiger partial charge < -0.3 is 10.1 Å². The highest BCUT2D eigenvalue weighted by molar-refractivity contribution is 5.04. The number of hydrogen-bond acceptors (Lipinski definition) is 4. The number of ether oxygens (including phenoxy) is 1. The van der Waals surface area contributed by atoms with Crippen molar-refractivity contribution >= 4 is 0 Å². The number of nitrogens with one attached hydrogen (secondary N) is 1. The van der Waals surface area contributed by atoms with Crippen molar-refractivity contribution in [3.63, 3.8) is 0 Å². The third-order valence-electron chi connectivity index (χ3n) is 2.14. The predicted molar refractivity (Wildman–Crippen MR) is 37.7 cm³/mol. The fourth-order valence-corrected chi connectivity index (χ4v) is 1.14. The topological polar surface area (TPSA) is 56.5 Å². The second-order valence-corrected chi connectivity index (χ2v) is 2.82. The van der Waals surface area contributed by atoms with Crippen molar-refractivity contribution in [1.29, 1.82) is 0 Å². The minimum atomic E-state index is -3.04. The highest BCUT2D eigenvalue weighted by Crippen LogP contribution is 2.34. The van der Waals surface area contributed by atoms with Gasteiger partial charge >= 0.3 is 5.92 Å². The molecule has 0 saturated carbocycles. The first kappa shape index (κ1) is 9.79. The monoisotopic (exact) mass is 182 g/mol. The molecule has 1 aliphatic rings. The number of halogens is 2. The maximum Gasteiger partial charge on any atom is 0.303 e. The van der Waals surface area contributed by atoms with Gasteiger partial charge in [-0.1, -0.05) is 0 Å². The molecule has 0 bridgehead atoms. The first-order valence-corrected chi connectivity index (χ1v) is 3.53. The van der Waals surface area contributed by atoms with Crippen LogP contribution >= 0.6 is 0 Å². The molecule has 0 spiro atoms. The summed E-state index contributed by atoms with van der Waals surface area (Å²) in [4.78, 5) is 3.93. The van der Waals surface area contributed by atoms with E-state index < -0.39 is 18.1 Å². The maximum atomic E-state index is 13.2. The lowest BCUT2D eigenvalue weighted by atomic mass is 9.89. The van der Waals surface area contributed by atoms with Gasteiger partial charge in [0, 0.05) is 20.2 Å². The fraction of sp³-hybridized carbons (Fsp3) is 1.00. The molecule has 0 aromatic rings. The molecule has 1 rings (SSSR count). The summed E-state index contributed by atoms with van der Waals surface area (Å²) in [5, 5.41) is 2.72. The van der Waals surface area contributed by atoms with Crippen molar-refractivity contribution < 1.29 is 18.4 Å². The molecule has 4 nitrogen and oxygen atoms in total. The van der Waals surface area contributed by atoms with Crippen LogP contribution < -0.4 is 11.2 Å². The van der Waals surface area contributed by atoms with Crippen LogP contribution in [0.4, 0.5) is 8.78 Å². The Balaban J connectivity index is 2.63. The van der Waals surface area contributed by atoms with Crippen LogP contribution in [0.3, 0.4) is 0 Å². The fourth-order valence-electron chi connectivity index (χ4n) is 1.14. The van der Waals surface area contributed by atoms with E-state index in [2.05, 4.69) is 16.1 Å². The molecule has 1 aliphatic heterocycles. The lowest BCUT2D eigenvalue weighted by Gasteiger charge is -2.45. The zero-order valence-corrected chi connectivity index (χ0v) is 6.77. The van der Waals surface area contributed by atoms with Crippen molar-refractivity contribution in [2.75, 3.05) is 26.8 Å². The summed E-state index contributed by atoms with van der Waals surface area (Å²) in [7, 11) is 1.26. The highest BCUT2D eigenvalue weighted by Gasteiger charge is 2.58. The predicted octanol–water partition coefficient (Wildman–Crippen LogP) is -0.500. The number of hydrogen-bond donors (Lipinski definition) is 2. The van der Waals surface area contributed by atoms with Crippen LogP contribution in [0.2, 0.25) is 0 Å². The Bertz CT molecular complexity index is 156. The second kappa shape index (κ2) is 3.21. The van der Waals surface area contributed by atoms with Gasteiger partial charge in [0.15, 0.2) is 5.60 Å². The minimum absolute atomic E-state index is 0.125.